The zero-order valence-electron chi connectivity index (χ0n) is 15.6. The van der Waals surface area contributed by atoms with E-state index in [0.717, 1.165) is 5.56 Å². The maximum Gasteiger partial charge on any atom is 0.323 e. The molecule has 0 spiro atoms. The monoisotopic (exact) mass is 373 g/mol. The van der Waals surface area contributed by atoms with Crippen molar-refractivity contribution in [2.45, 2.75) is 19.3 Å². The Morgan fingerprint density at radius 3 is 2.26 bits per heavy atom. The predicted octanol–water partition coefficient (Wildman–Crippen LogP) is 1.91. The first-order chi connectivity index (χ1) is 13.0. The Morgan fingerprint density at radius 2 is 1.70 bits per heavy atom. The van der Waals surface area contributed by atoms with E-state index in [-0.39, 0.29) is 12.3 Å². The molecule has 27 heavy (non-hydrogen) atoms. The second kappa shape index (κ2) is 7.42. The van der Waals surface area contributed by atoms with Crippen molar-refractivity contribution < 1.29 is 28.6 Å². The number of rotatable bonds is 4. The lowest BCUT2D eigenvalue weighted by molar-refractivity contribution is -0.177. The van der Waals surface area contributed by atoms with Crippen molar-refractivity contribution in [3.05, 3.63) is 35.9 Å². The molecule has 0 saturated heterocycles. The summed E-state index contributed by atoms with van der Waals surface area (Å²) < 4.78 is 15.1. The molecule has 0 unspecified atom stereocenters. The van der Waals surface area contributed by atoms with Gasteiger partial charge in [-0.15, -0.1) is 0 Å². The molecule has 144 valence electrons. The molecule has 1 aromatic rings. The van der Waals surface area contributed by atoms with Gasteiger partial charge in [-0.25, -0.2) is 0 Å². The van der Waals surface area contributed by atoms with Gasteiger partial charge in [0.15, 0.2) is 5.41 Å². The molecule has 0 aromatic heterocycles. The van der Waals surface area contributed by atoms with E-state index in [0.29, 0.717) is 24.3 Å². The van der Waals surface area contributed by atoms with Crippen LogP contribution in [0.5, 0.6) is 5.75 Å². The first kappa shape index (κ1) is 18.9. The van der Waals surface area contributed by atoms with Gasteiger partial charge < -0.3 is 19.5 Å². The topological polar surface area (TPSA) is 90.9 Å². The van der Waals surface area contributed by atoms with Gasteiger partial charge in [0.05, 0.1) is 21.3 Å². The van der Waals surface area contributed by atoms with E-state index in [4.69, 9.17) is 14.2 Å². The number of allylic oxidation sites excluding steroid dienone is 1. The lowest BCUT2D eigenvalue weighted by atomic mass is 9.60. The molecular formula is C20H23NO6. The summed E-state index contributed by atoms with van der Waals surface area (Å²) in [6.07, 6.45) is 3.23. The number of carbonyl (C=O) groups excluding carboxylic acids is 3. The quantitative estimate of drug-likeness (QED) is 0.640. The van der Waals surface area contributed by atoms with Crippen molar-refractivity contribution in [3.8, 4) is 5.75 Å². The van der Waals surface area contributed by atoms with Crippen molar-refractivity contribution in [2.24, 2.45) is 17.3 Å². The van der Waals surface area contributed by atoms with E-state index in [2.05, 4.69) is 5.32 Å². The molecule has 1 amide bonds. The number of fused-ring (bicyclic) bond motifs is 1. The number of hydrogen-bond acceptors (Lipinski definition) is 6. The third kappa shape index (κ3) is 3.07. The molecule has 2 aliphatic rings. The van der Waals surface area contributed by atoms with Gasteiger partial charge in [-0.3, -0.25) is 14.4 Å². The van der Waals surface area contributed by atoms with Crippen LogP contribution in [0, 0.1) is 17.3 Å². The number of amides is 1. The SMILES string of the molecule is COC(=O)C1(C(=O)OC)CCC[C@H]2C(=O)NC(c3ccc(OC)cc3)=C[C@H]21. The Balaban J connectivity index is 2.09. The number of methoxy groups -OCH3 is 3. The van der Waals surface area contributed by atoms with Crippen LogP contribution in [0.25, 0.3) is 5.70 Å². The molecule has 7 nitrogen and oxygen atoms in total. The first-order valence-electron chi connectivity index (χ1n) is 8.82. The Bertz CT molecular complexity index is 766. The van der Waals surface area contributed by atoms with Gasteiger partial charge in [0, 0.05) is 17.5 Å². The van der Waals surface area contributed by atoms with Crippen molar-refractivity contribution in [3.63, 3.8) is 0 Å². The minimum absolute atomic E-state index is 0.204. The second-order valence-corrected chi connectivity index (χ2v) is 6.78. The highest BCUT2D eigenvalue weighted by Gasteiger charge is 2.59. The van der Waals surface area contributed by atoms with Crippen LogP contribution < -0.4 is 10.1 Å². The fourth-order valence-electron chi connectivity index (χ4n) is 4.15. The normalized spacial score (nSPS) is 23.4. The van der Waals surface area contributed by atoms with Crippen LogP contribution in [0.1, 0.15) is 24.8 Å². The summed E-state index contributed by atoms with van der Waals surface area (Å²) >= 11 is 0. The van der Waals surface area contributed by atoms with E-state index >= 15 is 0 Å². The smallest absolute Gasteiger partial charge is 0.323 e. The molecule has 1 N–H and O–H groups in total. The van der Waals surface area contributed by atoms with Gasteiger partial charge in [0.1, 0.15) is 5.75 Å². The van der Waals surface area contributed by atoms with Gasteiger partial charge in [-0.1, -0.05) is 12.5 Å². The number of ether oxygens (including phenoxy) is 3. The summed E-state index contributed by atoms with van der Waals surface area (Å²) in [6, 6.07) is 7.18. The van der Waals surface area contributed by atoms with Crippen LogP contribution >= 0.6 is 0 Å². The van der Waals surface area contributed by atoms with Crippen LogP contribution in [0.4, 0.5) is 0 Å². The number of hydrogen-bond donors (Lipinski definition) is 1. The summed E-state index contributed by atoms with van der Waals surface area (Å²) in [5, 5.41) is 2.90. The number of carbonyl (C=O) groups is 3. The molecule has 0 radical (unpaired) electrons. The number of esters is 2. The average Bonchev–Trinajstić information content (AvgIpc) is 2.72. The van der Waals surface area contributed by atoms with Crippen LogP contribution in [-0.4, -0.2) is 39.2 Å². The summed E-state index contributed by atoms with van der Waals surface area (Å²) in [5.41, 5.74) is -0.193. The maximum absolute atomic E-state index is 12.8. The van der Waals surface area contributed by atoms with Gasteiger partial charge in [-0.2, -0.15) is 0 Å². The largest absolute Gasteiger partial charge is 0.497 e. The predicted molar refractivity (Wildman–Crippen MR) is 96.4 cm³/mol. The zero-order chi connectivity index (χ0) is 19.6. The minimum Gasteiger partial charge on any atom is -0.497 e. The molecule has 1 fully saturated rings. The highest BCUT2D eigenvalue weighted by Crippen LogP contribution is 2.49. The molecular weight excluding hydrogens is 350 g/mol. The lowest BCUT2D eigenvalue weighted by Crippen LogP contribution is -2.55. The summed E-state index contributed by atoms with van der Waals surface area (Å²) in [6.45, 7) is 0. The third-order valence-electron chi connectivity index (χ3n) is 5.53. The van der Waals surface area contributed by atoms with Crippen molar-refractivity contribution in [2.75, 3.05) is 21.3 Å². The van der Waals surface area contributed by atoms with Crippen LogP contribution in [0.15, 0.2) is 30.3 Å². The maximum atomic E-state index is 12.8. The van der Waals surface area contributed by atoms with Gasteiger partial charge in [0.25, 0.3) is 0 Å². The zero-order valence-corrected chi connectivity index (χ0v) is 15.6. The van der Waals surface area contributed by atoms with E-state index in [1.165, 1.54) is 14.2 Å². The van der Waals surface area contributed by atoms with Crippen LogP contribution in [0.3, 0.4) is 0 Å². The van der Waals surface area contributed by atoms with Gasteiger partial charge >= 0.3 is 11.9 Å². The van der Waals surface area contributed by atoms with E-state index in [1.807, 2.05) is 12.1 Å². The molecule has 1 saturated carbocycles. The summed E-state index contributed by atoms with van der Waals surface area (Å²) in [4.78, 5) is 38.1. The Morgan fingerprint density at radius 1 is 1.07 bits per heavy atom. The Hall–Kier alpha value is -2.83. The fourth-order valence-corrected chi connectivity index (χ4v) is 4.15. The first-order valence-corrected chi connectivity index (χ1v) is 8.82. The molecule has 7 heteroatoms. The Kier molecular flexibility index (Phi) is 5.21. The number of benzene rings is 1. The third-order valence-corrected chi connectivity index (χ3v) is 5.53. The second-order valence-electron chi connectivity index (χ2n) is 6.78. The lowest BCUT2D eigenvalue weighted by Gasteiger charge is -2.44. The van der Waals surface area contributed by atoms with Crippen LogP contribution in [0.2, 0.25) is 0 Å². The molecule has 1 aliphatic heterocycles. The fraction of sp³-hybridized carbons (Fsp3) is 0.450. The Labute approximate surface area is 157 Å². The molecule has 1 heterocycles. The standard InChI is InChI=1S/C20H23NO6/c1-25-13-8-6-12(7-9-13)16-11-15-14(17(22)21-16)5-4-10-20(15,18(23)26-2)19(24)27-3/h6-9,11,14-15H,4-5,10H2,1-3H3,(H,21,22)/t14-,15-/m1/s1. The van der Waals surface area contributed by atoms with Gasteiger partial charge in [0.2, 0.25) is 5.91 Å². The summed E-state index contributed by atoms with van der Waals surface area (Å²) in [7, 11) is 4.06. The van der Waals surface area contributed by atoms with Crippen molar-refractivity contribution in [1.29, 1.82) is 0 Å². The average molecular weight is 373 g/mol. The molecule has 1 aliphatic carbocycles. The molecule has 3 rings (SSSR count). The highest BCUT2D eigenvalue weighted by molar-refractivity contribution is 6.03. The molecule has 1 aromatic carbocycles. The van der Waals surface area contributed by atoms with E-state index in [1.54, 1.807) is 25.3 Å². The van der Waals surface area contributed by atoms with Crippen molar-refractivity contribution >= 4 is 23.5 Å². The summed E-state index contributed by atoms with van der Waals surface area (Å²) in [5.74, 6) is -1.95. The number of nitrogens with one attached hydrogen (secondary N) is 1. The highest BCUT2D eigenvalue weighted by atomic mass is 16.5. The van der Waals surface area contributed by atoms with Gasteiger partial charge in [-0.05, 0) is 42.7 Å². The van der Waals surface area contributed by atoms with Crippen molar-refractivity contribution in [1.82, 2.24) is 5.32 Å². The minimum atomic E-state index is -1.51. The van der Waals surface area contributed by atoms with E-state index < -0.39 is 29.2 Å². The molecule has 0 bridgehead atoms. The van der Waals surface area contributed by atoms with E-state index in [9.17, 15) is 14.4 Å². The van der Waals surface area contributed by atoms with Crippen LogP contribution in [-0.2, 0) is 23.9 Å². The molecule has 2 atom stereocenters.